The van der Waals surface area contributed by atoms with Crippen LogP contribution >= 0.6 is 11.3 Å². The van der Waals surface area contributed by atoms with E-state index in [2.05, 4.69) is 0 Å². The van der Waals surface area contributed by atoms with Crippen LogP contribution in [0.2, 0.25) is 0 Å². The maximum Gasteiger partial charge on any atom is 0.328 e. The van der Waals surface area contributed by atoms with Crippen molar-refractivity contribution in [1.29, 1.82) is 0 Å². The lowest BCUT2D eigenvalue weighted by Crippen LogP contribution is -2.07. The topological polar surface area (TPSA) is 69.4 Å². The van der Waals surface area contributed by atoms with Gasteiger partial charge in [-0.05, 0) is 26.0 Å². The lowest BCUT2D eigenvalue weighted by atomic mass is 10.2. The molecule has 0 saturated carbocycles. The third-order valence-electron chi connectivity index (χ3n) is 1.94. The zero-order valence-electron chi connectivity index (χ0n) is 9.63. The molecule has 1 rings (SSSR count). The van der Waals surface area contributed by atoms with Crippen molar-refractivity contribution in [2.75, 3.05) is 6.61 Å². The van der Waals surface area contributed by atoms with E-state index in [0.717, 1.165) is 16.2 Å². The molecular formula is C11H13NO4S. The van der Waals surface area contributed by atoms with E-state index in [1.807, 2.05) is 6.92 Å². The molecule has 0 fully saturated rings. The van der Waals surface area contributed by atoms with Gasteiger partial charge in [0.05, 0.1) is 23.5 Å². The van der Waals surface area contributed by atoms with Gasteiger partial charge in [-0.1, -0.05) is 17.4 Å². The number of thiophene rings is 1. The number of carbonyl (C=O) groups is 1. The highest BCUT2D eigenvalue weighted by atomic mass is 32.1. The maximum atomic E-state index is 11.3. The first-order valence-corrected chi connectivity index (χ1v) is 5.95. The average Bonchev–Trinajstić information content (AvgIpc) is 2.62. The van der Waals surface area contributed by atoms with Gasteiger partial charge < -0.3 is 4.74 Å². The molecule has 0 bridgehead atoms. The molecule has 0 aromatic carbocycles. The standard InChI is InChI=1S/C11H13NO4S/c1-3-5-9-6-8(7-10(13)16-4-2)11(17-9)12(14)15/h3,5-6H,4,7H2,1-2H3. The fourth-order valence-corrected chi connectivity index (χ4v) is 2.30. The fourth-order valence-electron chi connectivity index (χ4n) is 1.34. The van der Waals surface area contributed by atoms with Gasteiger partial charge in [0, 0.05) is 4.88 Å². The molecule has 0 spiro atoms. The fraction of sp³-hybridized carbons (Fsp3) is 0.364. The molecule has 0 aliphatic rings. The number of nitrogens with zero attached hydrogens (tertiary/aromatic N) is 1. The quantitative estimate of drug-likeness (QED) is 0.461. The van der Waals surface area contributed by atoms with Gasteiger partial charge >= 0.3 is 11.0 Å². The highest BCUT2D eigenvalue weighted by Crippen LogP contribution is 2.31. The molecule has 6 heteroatoms. The Bertz CT molecular complexity index is 450. The maximum absolute atomic E-state index is 11.3. The Hall–Kier alpha value is -1.69. The zero-order chi connectivity index (χ0) is 12.8. The third kappa shape index (κ3) is 3.67. The SMILES string of the molecule is CC=Cc1cc(CC(=O)OCC)c([N+](=O)[O-])s1. The predicted octanol–water partition coefficient (Wildman–Crippen LogP) is 2.80. The van der Waals surface area contributed by atoms with Gasteiger partial charge in [-0.25, -0.2) is 0 Å². The largest absolute Gasteiger partial charge is 0.466 e. The zero-order valence-corrected chi connectivity index (χ0v) is 10.5. The lowest BCUT2D eigenvalue weighted by Gasteiger charge is -1.98. The first-order valence-electron chi connectivity index (χ1n) is 5.13. The Labute approximate surface area is 103 Å². The molecule has 0 aliphatic heterocycles. The van der Waals surface area contributed by atoms with Crippen LogP contribution in [-0.4, -0.2) is 17.5 Å². The number of ether oxygens (including phenoxy) is 1. The van der Waals surface area contributed by atoms with Crippen LogP contribution in [0.15, 0.2) is 12.1 Å². The van der Waals surface area contributed by atoms with E-state index in [-0.39, 0.29) is 18.0 Å². The van der Waals surface area contributed by atoms with Crippen molar-refractivity contribution in [3.05, 3.63) is 32.7 Å². The van der Waals surface area contributed by atoms with E-state index in [1.54, 1.807) is 25.1 Å². The molecule has 5 nitrogen and oxygen atoms in total. The van der Waals surface area contributed by atoms with E-state index in [0.29, 0.717) is 5.56 Å². The molecule has 0 unspecified atom stereocenters. The minimum absolute atomic E-state index is 0.00570. The van der Waals surface area contributed by atoms with E-state index < -0.39 is 10.9 Å². The number of allylic oxidation sites excluding steroid dienone is 1. The number of esters is 1. The van der Waals surface area contributed by atoms with Crippen LogP contribution in [0.1, 0.15) is 24.3 Å². The molecule has 1 heterocycles. The van der Waals surface area contributed by atoms with Gasteiger partial charge in [0.1, 0.15) is 0 Å². The number of hydrogen-bond acceptors (Lipinski definition) is 5. The van der Waals surface area contributed by atoms with Gasteiger partial charge in [-0.15, -0.1) is 0 Å². The van der Waals surface area contributed by atoms with Crippen molar-refractivity contribution < 1.29 is 14.5 Å². The van der Waals surface area contributed by atoms with Crippen molar-refractivity contribution in [3.63, 3.8) is 0 Å². The van der Waals surface area contributed by atoms with Gasteiger partial charge in [-0.2, -0.15) is 0 Å². The average molecular weight is 255 g/mol. The Kier molecular flexibility index (Phi) is 4.84. The number of rotatable bonds is 5. The summed E-state index contributed by atoms with van der Waals surface area (Å²) in [6.07, 6.45) is 3.51. The molecule has 92 valence electrons. The highest BCUT2D eigenvalue weighted by molar-refractivity contribution is 7.16. The first kappa shape index (κ1) is 13.4. The second kappa shape index (κ2) is 6.15. The van der Waals surface area contributed by atoms with Crippen molar-refractivity contribution in [2.45, 2.75) is 20.3 Å². The summed E-state index contributed by atoms with van der Waals surface area (Å²) < 4.78 is 4.77. The molecule has 1 aromatic rings. The summed E-state index contributed by atoms with van der Waals surface area (Å²) in [7, 11) is 0. The van der Waals surface area contributed by atoms with Crippen LogP contribution in [0.5, 0.6) is 0 Å². The summed E-state index contributed by atoms with van der Waals surface area (Å²) in [4.78, 5) is 22.4. The van der Waals surface area contributed by atoms with Gasteiger partial charge in [0.15, 0.2) is 0 Å². The smallest absolute Gasteiger partial charge is 0.328 e. The van der Waals surface area contributed by atoms with E-state index >= 15 is 0 Å². The number of carbonyl (C=O) groups excluding carboxylic acids is 1. The van der Waals surface area contributed by atoms with Crippen molar-refractivity contribution in [3.8, 4) is 0 Å². The second-order valence-electron chi connectivity index (χ2n) is 3.22. The summed E-state index contributed by atoms with van der Waals surface area (Å²) in [5.74, 6) is -0.444. The highest BCUT2D eigenvalue weighted by Gasteiger charge is 2.20. The molecule has 0 amide bonds. The molecule has 0 saturated heterocycles. The summed E-state index contributed by atoms with van der Waals surface area (Å²) in [5, 5.41) is 10.8. The van der Waals surface area contributed by atoms with Gasteiger partial charge in [-0.3, -0.25) is 14.9 Å². The van der Waals surface area contributed by atoms with Crippen LogP contribution in [0, 0.1) is 10.1 Å². The van der Waals surface area contributed by atoms with Crippen LogP contribution in [0.3, 0.4) is 0 Å². The van der Waals surface area contributed by atoms with Crippen LogP contribution < -0.4 is 0 Å². The van der Waals surface area contributed by atoms with Crippen LogP contribution in [0.4, 0.5) is 5.00 Å². The Morgan fingerprint density at radius 2 is 2.35 bits per heavy atom. The van der Waals surface area contributed by atoms with Crippen LogP contribution in [-0.2, 0) is 16.0 Å². The number of nitro groups is 1. The van der Waals surface area contributed by atoms with Crippen molar-refractivity contribution >= 4 is 28.4 Å². The molecule has 0 radical (unpaired) electrons. The first-order chi connectivity index (χ1) is 8.08. The van der Waals surface area contributed by atoms with E-state index in [9.17, 15) is 14.9 Å². The van der Waals surface area contributed by atoms with Crippen LogP contribution in [0.25, 0.3) is 6.08 Å². The minimum atomic E-state index is -0.466. The van der Waals surface area contributed by atoms with Crippen molar-refractivity contribution in [1.82, 2.24) is 0 Å². The lowest BCUT2D eigenvalue weighted by molar-refractivity contribution is -0.380. The number of hydrogen-bond donors (Lipinski definition) is 0. The second-order valence-corrected chi connectivity index (χ2v) is 4.28. The molecule has 0 N–H and O–H groups in total. The van der Waals surface area contributed by atoms with Gasteiger partial charge in [0.2, 0.25) is 0 Å². The summed E-state index contributed by atoms with van der Waals surface area (Å²) >= 11 is 1.06. The third-order valence-corrected chi connectivity index (χ3v) is 3.04. The molecule has 1 aromatic heterocycles. The summed E-state index contributed by atoms with van der Waals surface area (Å²) in [6, 6.07) is 1.65. The Morgan fingerprint density at radius 3 is 2.88 bits per heavy atom. The molecule has 0 aliphatic carbocycles. The van der Waals surface area contributed by atoms with E-state index in [4.69, 9.17) is 4.74 Å². The Balaban J connectivity index is 2.96. The molecule has 0 atom stereocenters. The molecular weight excluding hydrogens is 242 g/mol. The summed E-state index contributed by atoms with van der Waals surface area (Å²) in [6.45, 7) is 3.81. The van der Waals surface area contributed by atoms with Crippen molar-refractivity contribution in [2.24, 2.45) is 0 Å². The normalized spacial score (nSPS) is 10.7. The minimum Gasteiger partial charge on any atom is -0.466 e. The van der Waals surface area contributed by atoms with E-state index in [1.165, 1.54) is 0 Å². The summed E-state index contributed by atoms with van der Waals surface area (Å²) in [5.41, 5.74) is 0.409. The monoisotopic (exact) mass is 255 g/mol. The predicted molar refractivity (Wildman–Crippen MR) is 66.0 cm³/mol. The molecule has 17 heavy (non-hydrogen) atoms. The Morgan fingerprint density at radius 1 is 1.65 bits per heavy atom. The van der Waals surface area contributed by atoms with Gasteiger partial charge in [0.25, 0.3) is 0 Å².